The summed E-state index contributed by atoms with van der Waals surface area (Å²) in [7, 11) is 3.13. The molecule has 3 rings (SSSR count). The summed E-state index contributed by atoms with van der Waals surface area (Å²) in [5, 5.41) is 2.87. The van der Waals surface area contributed by atoms with E-state index in [1.54, 1.807) is 50.6 Å². The lowest BCUT2D eigenvalue weighted by Gasteiger charge is -2.15. The number of hydrogen-bond donors (Lipinski definition) is 1. The van der Waals surface area contributed by atoms with Crippen molar-refractivity contribution in [1.82, 2.24) is 0 Å². The molecule has 0 unspecified atom stereocenters. The third kappa shape index (κ3) is 4.46. The predicted molar refractivity (Wildman–Crippen MR) is 98.4 cm³/mol. The number of hydrogen-bond acceptors (Lipinski definition) is 5. The zero-order valence-electron chi connectivity index (χ0n) is 15.0. The highest BCUT2D eigenvalue weighted by atomic mass is 16.5. The van der Waals surface area contributed by atoms with Gasteiger partial charge in [0.15, 0.2) is 0 Å². The molecular formula is C20H23NO5. The van der Waals surface area contributed by atoms with Crippen LogP contribution < -0.4 is 19.5 Å². The highest BCUT2D eigenvalue weighted by Crippen LogP contribution is 2.27. The van der Waals surface area contributed by atoms with E-state index < -0.39 is 0 Å². The summed E-state index contributed by atoms with van der Waals surface area (Å²) in [5.41, 5.74) is 1.05. The van der Waals surface area contributed by atoms with Gasteiger partial charge in [-0.1, -0.05) is 12.1 Å². The van der Waals surface area contributed by atoms with Crippen molar-refractivity contribution in [3.8, 4) is 17.2 Å². The van der Waals surface area contributed by atoms with Crippen LogP contribution in [0.25, 0.3) is 0 Å². The molecule has 1 saturated heterocycles. The van der Waals surface area contributed by atoms with Crippen LogP contribution in [0.3, 0.4) is 0 Å². The van der Waals surface area contributed by atoms with Gasteiger partial charge in [-0.2, -0.15) is 0 Å². The minimum atomic E-state index is -0.261. The maximum absolute atomic E-state index is 12.7. The van der Waals surface area contributed by atoms with E-state index in [2.05, 4.69) is 5.32 Å². The van der Waals surface area contributed by atoms with E-state index in [9.17, 15) is 4.79 Å². The number of amides is 1. The maximum atomic E-state index is 12.7. The zero-order valence-corrected chi connectivity index (χ0v) is 15.0. The highest BCUT2D eigenvalue weighted by Gasteiger charge is 2.18. The average molecular weight is 357 g/mol. The zero-order chi connectivity index (χ0) is 18.4. The van der Waals surface area contributed by atoms with Gasteiger partial charge in [-0.3, -0.25) is 4.79 Å². The second-order valence-electron chi connectivity index (χ2n) is 6.00. The van der Waals surface area contributed by atoms with Crippen molar-refractivity contribution in [3.63, 3.8) is 0 Å². The minimum Gasteiger partial charge on any atom is -0.497 e. The second kappa shape index (κ2) is 8.58. The second-order valence-corrected chi connectivity index (χ2v) is 6.00. The van der Waals surface area contributed by atoms with Gasteiger partial charge in [0.25, 0.3) is 5.91 Å². The van der Waals surface area contributed by atoms with Crippen LogP contribution in [-0.2, 0) is 4.74 Å². The molecule has 138 valence electrons. The number of methoxy groups -OCH3 is 2. The van der Waals surface area contributed by atoms with Gasteiger partial charge in [-0.25, -0.2) is 0 Å². The first-order valence-corrected chi connectivity index (χ1v) is 8.57. The molecule has 6 nitrogen and oxygen atoms in total. The molecule has 1 heterocycles. The molecule has 1 fully saturated rings. The van der Waals surface area contributed by atoms with E-state index in [4.69, 9.17) is 18.9 Å². The molecule has 0 radical (unpaired) electrons. The standard InChI is InChI=1S/C20H23NO5/c1-23-16-10-14(11-17(12-16)24-2)21-20(22)18-7-3-4-8-19(18)26-13-15-6-5-9-25-15/h3-4,7-8,10-12,15H,5-6,9,13H2,1-2H3,(H,21,22)/t15-/m0/s1. The summed E-state index contributed by atoms with van der Waals surface area (Å²) >= 11 is 0. The van der Waals surface area contributed by atoms with Gasteiger partial charge in [0.2, 0.25) is 0 Å². The van der Waals surface area contributed by atoms with Crippen LogP contribution in [0, 0.1) is 0 Å². The van der Waals surface area contributed by atoms with Gasteiger partial charge in [-0.15, -0.1) is 0 Å². The summed E-state index contributed by atoms with van der Waals surface area (Å²) in [6.45, 7) is 1.21. The van der Waals surface area contributed by atoms with Crippen molar-refractivity contribution >= 4 is 11.6 Å². The van der Waals surface area contributed by atoms with Crippen LogP contribution in [0.1, 0.15) is 23.2 Å². The van der Waals surface area contributed by atoms with Crippen molar-refractivity contribution in [2.45, 2.75) is 18.9 Å². The van der Waals surface area contributed by atoms with Gasteiger partial charge >= 0.3 is 0 Å². The van der Waals surface area contributed by atoms with Crippen molar-refractivity contribution in [2.75, 3.05) is 32.8 Å². The van der Waals surface area contributed by atoms with Gasteiger partial charge in [-0.05, 0) is 25.0 Å². The normalized spacial score (nSPS) is 16.2. The third-order valence-corrected chi connectivity index (χ3v) is 4.19. The summed E-state index contributed by atoms with van der Waals surface area (Å²) in [4.78, 5) is 12.7. The summed E-state index contributed by atoms with van der Waals surface area (Å²) in [6.07, 6.45) is 2.12. The smallest absolute Gasteiger partial charge is 0.259 e. The number of benzene rings is 2. The number of rotatable bonds is 7. The van der Waals surface area contributed by atoms with E-state index in [1.807, 2.05) is 6.07 Å². The Morgan fingerprint density at radius 3 is 2.54 bits per heavy atom. The lowest BCUT2D eigenvalue weighted by Crippen LogP contribution is -2.19. The fourth-order valence-electron chi connectivity index (χ4n) is 2.82. The maximum Gasteiger partial charge on any atom is 0.259 e. The fraction of sp³-hybridized carbons (Fsp3) is 0.350. The molecule has 0 aliphatic carbocycles. The first-order chi connectivity index (χ1) is 12.7. The summed E-state index contributed by atoms with van der Waals surface area (Å²) in [6, 6.07) is 12.4. The monoisotopic (exact) mass is 357 g/mol. The number of para-hydroxylation sites is 1. The Kier molecular flexibility index (Phi) is 5.96. The Labute approximate surface area is 153 Å². The Hall–Kier alpha value is -2.73. The molecule has 0 bridgehead atoms. The Balaban J connectivity index is 1.73. The fourth-order valence-corrected chi connectivity index (χ4v) is 2.82. The third-order valence-electron chi connectivity index (χ3n) is 4.19. The first kappa shape index (κ1) is 18.1. The SMILES string of the molecule is COc1cc(NC(=O)c2ccccc2OC[C@@H]2CCCO2)cc(OC)c1. The number of nitrogens with one attached hydrogen (secondary N) is 1. The lowest BCUT2D eigenvalue weighted by molar-refractivity contribution is 0.0673. The minimum absolute atomic E-state index is 0.0914. The van der Waals surface area contributed by atoms with Crippen LogP contribution in [0.4, 0.5) is 5.69 Å². The number of carbonyl (C=O) groups is 1. The molecule has 1 atom stereocenters. The van der Waals surface area contributed by atoms with Gasteiger partial charge in [0.1, 0.15) is 23.9 Å². The lowest BCUT2D eigenvalue weighted by atomic mass is 10.1. The molecule has 0 aromatic heterocycles. The van der Waals surface area contributed by atoms with Crippen LogP contribution in [0.15, 0.2) is 42.5 Å². The topological polar surface area (TPSA) is 66.0 Å². The van der Waals surface area contributed by atoms with Crippen LogP contribution in [0.5, 0.6) is 17.2 Å². The molecule has 1 aliphatic heterocycles. The molecule has 1 N–H and O–H groups in total. The van der Waals surface area contributed by atoms with E-state index in [1.165, 1.54) is 0 Å². The highest BCUT2D eigenvalue weighted by molar-refractivity contribution is 6.06. The molecule has 0 saturated carbocycles. The van der Waals surface area contributed by atoms with E-state index in [0.717, 1.165) is 19.4 Å². The average Bonchev–Trinajstić information content (AvgIpc) is 3.19. The van der Waals surface area contributed by atoms with Crippen LogP contribution >= 0.6 is 0 Å². The first-order valence-electron chi connectivity index (χ1n) is 8.57. The molecule has 2 aromatic carbocycles. The van der Waals surface area contributed by atoms with Crippen molar-refractivity contribution in [2.24, 2.45) is 0 Å². The van der Waals surface area contributed by atoms with Gasteiger partial charge in [0, 0.05) is 30.5 Å². The molecule has 2 aromatic rings. The van der Waals surface area contributed by atoms with Crippen molar-refractivity contribution < 1.29 is 23.7 Å². The van der Waals surface area contributed by atoms with Crippen LogP contribution in [-0.4, -0.2) is 39.4 Å². The summed E-state index contributed by atoms with van der Waals surface area (Å²) < 4.78 is 21.9. The van der Waals surface area contributed by atoms with E-state index in [-0.39, 0.29) is 12.0 Å². The molecule has 0 spiro atoms. The van der Waals surface area contributed by atoms with Gasteiger partial charge in [0.05, 0.1) is 25.9 Å². The quantitative estimate of drug-likeness (QED) is 0.821. The number of ether oxygens (including phenoxy) is 4. The Bertz CT molecular complexity index is 733. The van der Waals surface area contributed by atoms with E-state index >= 15 is 0 Å². The largest absolute Gasteiger partial charge is 0.497 e. The molecule has 1 aliphatic rings. The van der Waals surface area contributed by atoms with Gasteiger partial charge < -0.3 is 24.3 Å². The van der Waals surface area contributed by atoms with Crippen molar-refractivity contribution in [1.29, 1.82) is 0 Å². The van der Waals surface area contributed by atoms with Crippen molar-refractivity contribution in [3.05, 3.63) is 48.0 Å². The molecule has 26 heavy (non-hydrogen) atoms. The van der Waals surface area contributed by atoms with E-state index in [0.29, 0.717) is 35.1 Å². The number of carbonyl (C=O) groups excluding carboxylic acids is 1. The number of anilines is 1. The molecule has 1 amide bonds. The van der Waals surface area contributed by atoms with Crippen LogP contribution in [0.2, 0.25) is 0 Å². The Morgan fingerprint density at radius 1 is 1.15 bits per heavy atom. The predicted octanol–water partition coefficient (Wildman–Crippen LogP) is 3.51. The molecular weight excluding hydrogens is 334 g/mol. The molecule has 6 heteroatoms. The Morgan fingerprint density at radius 2 is 1.88 bits per heavy atom. The summed E-state index contributed by atoms with van der Waals surface area (Å²) in [5.74, 6) is 1.48.